The van der Waals surface area contributed by atoms with E-state index >= 15 is 0 Å². The number of rotatable bonds is 18. The smallest absolute Gasteiger partial charge is 0.306 e. The SMILES string of the molecule is CC(C)CCCC(C)CCCC(C)CCCC(C)CC(=O)OCC(O)C(O)CO. The Morgan fingerprint density at radius 2 is 1.17 bits per heavy atom. The normalized spacial score (nSPS) is 17.0. The third kappa shape index (κ3) is 16.8. The molecule has 0 amide bonds. The zero-order valence-electron chi connectivity index (χ0n) is 19.6. The van der Waals surface area contributed by atoms with Crippen molar-refractivity contribution < 1.29 is 24.9 Å². The van der Waals surface area contributed by atoms with Crippen LogP contribution in [0.15, 0.2) is 0 Å². The molecule has 29 heavy (non-hydrogen) atoms. The second-order valence-corrected chi connectivity index (χ2v) is 9.71. The molecule has 0 saturated carbocycles. The molecule has 174 valence electrons. The highest BCUT2D eigenvalue weighted by Gasteiger charge is 2.18. The zero-order valence-corrected chi connectivity index (χ0v) is 19.6. The van der Waals surface area contributed by atoms with Gasteiger partial charge in [-0.15, -0.1) is 0 Å². The Bertz CT molecular complexity index is 399. The van der Waals surface area contributed by atoms with Gasteiger partial charge in [0.25, 0.3) is 0 Å². The Balaban J connectivity index is 3.74. The molecule has 0 heterocycles. The van der Waals surface area contributed by atoms with Gasteiger partial charge in [0.2, 0.25) is 0 Å². The molecule has 0 aliphatic heterocycles. The van der Waals surface area contributed by atoms with Crippen molar-refractivity contribution in [2.75, 3.05) is 13.2 Å². The molecule has 5 nitrogen and oxygen atoms in total. The molecular formula is C24H48O5. The molecular weight excluding hydrogens is 368 g/mol. The van der Waals surface area contributed by atoms with Gasteiger partial charge in [0, 0.05) is 6.42 Å². The standard InChI is InChI=1S/C24H48O5/c1-18(2)9-6-10-19(3)11-7-12-20(4)13-8-14-21(5)15-24(28)29-17-23(27)22(26)16-25/h18-23,25-27H,6-17H2,1-5H3. The Hall–Kier alpha value is -0.650. The fraction of sp³-hybridized carbons (Fsp3) is 0.958. The maximum Gasteiger partial charge on any atom is 0.306 e. The lowest BCUT2D eigenvalue weighted by Crippen LogP contribution is -2.34. The summed E-state index contributed by atoms with van der Waals surface area (Å²) in [5, 5.41) is 27.5. The molecule has 0 saturated heterocycles. The quantitative estimate of drug-likeness (QED) is 0.282. The fourth-order valence-electron chi connectivity index (χ4n) is 3.65. The van der Waals surface area contributed by atoms with Crippen molar-refractivity contribution in [1.29, 1.82) is 0 Å². The number of hydrogen-bond acceptors (Lipinski definition) is 5. The van der Waals surface area contributed by atoms with Crippen molar-refractivity contribution >= 4 is 5.97 Å². The lowest BCUT2D eigenvalue weighted by molar-refractivity contribution is -0.150. The van der Waals surface area contributed by atoms with Gasteiger partial charge in [-0.3, -0.25) is 4.79 Å². The number of ether oxygens (including phenoxy) is 1. The van der Waals surface area contributed by atoms with E-state index in [0.717, 1.165) is 30.6 Å². The van der Waals surface area contributed by atoms with Crippen LogP contribution in [0.4, 0.5) is 0 Å². The highest BCUT2D eigenvalue weighted by molar-refractivity contribution is 5.69. The average Bonchev–Trinajstić information content (AvgIpc) is 2.65. The van der Waals surface area contributed by atoms with Crippen LogP contribution < -0.4 is 0 Å². The molecule has 0 aliphatic carbocycles. The largest absolute Gasteiger partial charge is 0.463 e. The van der Waals surface area contributed by atoms with Crippen LogP contribution in [0.1, 0.15) is 98.8 Å². The van der Waals surface area contributed by atoms with Crippen molar-refractivity contribution in [1.82, 2.24) is 0 Å². The first kappa shape index (κ1) is 28.4. The lowest BCUT2D eigenvalue weighted by Gasteiger charge is -2.17. The van der Waals surface area contributed by atoms with E-state index in [1.807, 2.05) is 6.92 Å². The summed E-state index contributed by atoms with van der Waals surface area (Å²) in [6.45, 7) is 10.5. The number of carbonyl (C=O) groups is 1. The van der Waals surface area contributed by atoms with Crippen LogP contribution >= 0.6 is 0 Å². The molecule has 0 radical (unpaired) electrons. The first-order chi connectivity index (χ1) is 13.6. The van der Waals surface area contributed by atoms with Gasteiger partial charge in [0.05, 0.1) is 6.61 Å². The predicted octanol–water partition coefficient (Wildman–Crippen LogP) is 4.71. The van der Waals surface area contributed by atoms with Crippen LogP contribution in [-0.4, -0.2) is 46.7 Å². The minimum absolute atomic E-state index is 0.246. The summed E-state index contributed by atoms with van der Waals surface area (Å²) < 4.78 is 4.98. The van der Waals surface area contributed by atoms with Crippen LogP contribution in [-0.2, 0) is 9.53 Å². The highest BCUT2D eigenvalue weighted by Crippen LogP contribution is 2.22. The lowest BCUT2D eigenvalue weighted by atomic mass is 9.91. The maximum atomic E-state index is 11.8. The van der Waals surface area contributed by atoms with Gasteiger partial charge in [-0.25, -0.2) is 0 Å². The summed E-state index contributed by atoms with van der Waals surface area (Å²) in [7, 11) is 0. The summed E-state index contributed by atoms with van der Waals surface area (Å²) in [4.78, 5) is 11.8. The monoisotopic (exact) mass is 416 g/mol. The van der Waals surface area contributed by atoms with E-state index < -0.39 is 18.8 Å². The molecule has 0 spiro atoms. The second kappa shape index (κ2) is 17.1. The first-order valence-corrected chi connectivity index (χ1v) is 11.8. The van der Waals surface area contributed by atoms with Crippen LogP contribution in [0.3, 0.4) is 0 Å². The van der Waals surface area contributed by atoms with E-state index in [9.17, 15) is 15.0 Å². The summed E-state index contributed by atoms with van der Waals surface area (Å²) in [6.07, 6.45) is 9.11. The van der Waals surface area contributed by atoms with E-state index in [1.165, 1.54) is 44.9 Å². The third-order valence-corrected chi connectivity index (χ3v) is 5.83. The van der Waals surface area contributed by atoms with Gasteiger partial charge in [-0.05, 0) is 23.7 Å². The Kier molecular flexibility index (Phi) is 16.7. The molecule has 5 atom stereocenters. The first-order valence-electron chi connectivity index (χ1n) is 11.8. The van der Waals surface area contributed by atoms with Gasteiger partial charge < -0.3 is 20.1 Å². The van der Waals surface area contributed by atoms with Crippen molar-refractivity contribution in [3.8, 4) is 0 Å². The van der Waals surface area contributed by atoms with Crippen molar-refractivity contribution in [3.05, 3.63) is 0 Å². The van der Waals surface area contributed by atoms with Crippen LogP contribution in [0.2, 0.25) is 0 Å². The van der Waals surface area contributed by atoms with Gasteiger partial charge >= 0.3 is 5.97 Å². The molecule has 0 aromatic rings. The molecule has 0 bridgehead atoms. The number of carbonyl (C=O) groups excluding carboxylic acids is 1. The van der Waals surface area contributed by atoms with E-state index in [1.54, 1.807) is 0 Å². The average molecular weight is 417 g/mol. The number of aliphatic hydroxyl groups is 3. The molecule has 0 rings (SSSR count). The number of aliphatic hydroxyl groups excluding tert-OH is 3. The van der Waals surface area contributed by atoms with E-state index in [0.29, 0.717) is 6.42 Å². The fourth-order valence-corrected chi connectivity index (χ4v) is 3.65. The van der Waals surface area contributed by atoms with E-state index in [4.69, 9.17) is 9.84 Å². The van der Waals surface area contributed by atoms with Gasteiger partial charge in [0.15, 0.2) is 0 Å². The van der Waals surface area contributed by atoms with Crippen molar-refractivity contribution in [2.45, 2.75) is 111 Å². The summed E-state index contributed by atoms with van der Waals surface area (Å²) in [5.41, 5.74) is 0. The van der Waals surface area contributed by atoms with E-state index in [2.05, 4.69) is 27.7 Å². The highest BCUT2D eigenvalue weighted by atomic mass is 16.5. The molecule has 5 heteroatoms. The molecule has 0 aliphatic rings. The Labute approximate surface area is 179 Å². The van der Waals surface area contributed by atoms with Gasteiger partial charge in [0.1, 0.15) is 18.8 Å². The summed E-state index contributed by atoms with van der Waals surface area (Å²) >= 11 is 0. The van der Waals surface area contributed by atoms with Crippen molar-refractivity contribution in [3.63, 3.8) is 0 Å². The molecule has 0 aromatic heterocycles. The van der Waals surface area contributed by atoms with Crippen LogP contribution in [0, 0.1) is 23.7 Å². The summed E-state index contributed by atoms with van der Waals surface area (Å²) in [5.74, 6) is 2.27. The van der Waals surface area contributed by atoms with E-state index in [-0.39, 0.29) is 18.5 Å². The third-order valence-electron chi connectivity index (χ3n) is 5.83. The Morgan fingerprint density at radius 1 is 0.724 bits per heavy atom. The van der Waals surface area contributed by atoms with Gasteiger partial charge in [-0.2, -0.15) is 0 Å². The number of esters is 1. The van der Waals surface area contributed by atoms with Crippen LogP contribution in [0.25, 0.3) is 0 Å². The van der Waals surface area contributed by atoms with Crippen LogP contribution in [0.5, 0.6) is 0 Å². The Morgan fingerprint density at radius 3 is 1.62 bits per heavy atom. The van der Waals surface area contributed by atoms with Gasteiger partial charge in [-0.1, -0.05) is 92.4 Å². The molecule has 5 unspecified atom stereocenters. The molecule has 0 fully saturated rings. The maximum absolute atomic E-state index is 11.8. The zero-order chi connectivity index (χ0) is 22.2. The summed E-state index contributed by atoms with van der Waals surface area (Å²) in [6, 6.07) is 0. The number of hydrogen-bond donors (Lipinski definition) is 3. The van der Waals surface area contributed by atoms with Crippen molar-refractivity contribution in [2.24, 2.45) is 23.7 Å². The topological polar surface area (TPSA) is 87.0 Å². The minimum atomic E-state index is -1.27. The molecule has 3 N–H and O–H groups in total. The molecule has 0 aromatic carbocycles. The minimum Gasteiger partial charge on any atom is -0.463 e. The second-order valence-electron chi connectivity index (χ2n) is 9.71. The predicted molar refractivity (Wildman–Crippen MR) is 119 cm³/mol.